The fraction of sp³-hybridized carbons (Fsp3) is 0. The van der Waals surface area contributed by atoms with Gasteiger partial charge in [-0.05, 0) is 54.6 Å². The highest BCUT2D eigenvalue weighted by molar-refractivity contribution is 7.92. The van der Waals surface area contributed by atoms with E-state index in [9.17, 15) is 17.6 Å². The number of aromatic nitrogens is 4. The Kier molecular flexibility index (Phi) is 5.41. The van der Waals surface area contributed by atoms with Crippen LogP contribution in [0.1, 0.15) is 10.5 Å². The zero-order valence-corrected chi connectivity index (χ0v) is 16.6. The third-order valence-electron chi connectivity index (χ3n) is 4.19. The van der Waals surface area contributed by atoms with E-state index in [2.05, 4.69) is 25.0 Å². The summed E-state index contributed by atoms with van der Waals surface area (Å²) in [6.45, 7) is 0. The lowest BCUT2D eigenvalue weighted by molar-refractivity contribution is 0.102. The minimum Gasteiger partial charge on any atom is -0.321 e. The molecule has 9 nitrogen and oxygen atoms in total. The smallest absolute Gasteiger partial charge is 0.274 e. The molecule has 0 atom stereocenters. The van der Waals surface area contributed by atoms with Crippen LogP contribution in [0.5, 0.6) is 0 Å². The van der Waals surface area contributed by atoms with Gasteiger partial charge in [0.25, 0.3) is 15.9 Å². The highest BCUT2D eigenvalue weighted by Gasteiger charge is 2.17. The minimum atomic E-state index is -3.88. The van der Waals surface area contributed by atoms with E-state index in [1.807, 2.05) is 0 Å². The molecular formula is C20H15FN6O3S. The normalized spacial score (nSPS) is 11.1. The molecule has 156 valence electrons. The van der Waals surface area contributed by atoms with Gasteiger partial charge in [0, 0.05) is 23.8 Å². The first-order chi connectivity index (χ1) is 14.9. The van der Waals surface area contributed by atoms with E-state index in [-0.39, 0.29) is 16.5 Å². The molecule has 2 aromatic heterocycles. The van der Waals surface area contributed by atoms with Crippen LogP contribution < -0.4 is 10.0 Å². The number of halogens is 1. The lowest BCUT2D eigenvalue weighted by Gasteiger charge is -2.10. The number of hydrogen-bond acceptors (Lipinski definition) is 6. The maximum Gasteiger partial charge on any atom is 0.274 e. The molecule has 4 rings (SSSR count). The lowest BCUT2D eigenvalue weighted by Crippen LogP contribution is -2.17. The van der Waals surface area contributed by atoms with E-state index in [0.717, 1.165) is 0 Å². The van der Waals surface area contributed by atoms with Gasteiger partial charge in [0.2, 0.25) is 5.95 Å². The van der Waals surface area contributed by atoms with Crippen molar-refractivity contribution in [1.82, 2.24) is 19.5 Å². The number of amides is 1. The highest BCUT2D eigenvalue weighted by atomic mass is 32.2. The van der Waals surface area contributed by atoms with Crippen LogP contribution in [0.15, 0.2) is 84.4 Å². The summed E-state index contributed by atoms with van der Waals surface area (Å²) in [6.07, 6.45) is 5.65. The second kappa shape index (κ2) is 8.32. The van der Waals surface area contributed by atoms with Gasteiger partial charge in [-0.25, -0.2) is 32.5 Å². The van der Waals surface area contributed by atoms with Crippen LogP contribution in [0.4, 0.5) is 16.0 Å². The number of imidazole rings is 1. The van der Waals surface area contributed by atoms with Crippen molar-refractivity contribution in [2.45, 2.75) is 4.90 Å². The van der Waals surface area contributed by atoms with Crippen molar-refractivity contribution >= 4 is 27.6 Å². The van der Waals surface area contributed by atoms with Crippen molar-refractivity contribution in [3.05, 3.63) is 91.0 Å². The van der Waals surface area contributed by atoms with Gasteiger partial charge in [0.1, 0.15) is 11.5 Å². The first kappa shape index (κ1) is 20.2. The summed E-state index contributed by atoms with van der Waals surface area (Å²) in [5.41, 5.74) is 1.18. The topological polar surface area (TPSA) is 119 Å². The SMILES string of the molecule is O=C(Nc1ccc(S(=O)(=O)Nc2ncccn2)cc1)c1cncn1-c1ccc(F)cc1. The van der Waals surface area contributed by atoms with E-state index in [1.54, 1.807) is 6.07 Å². The molecule has 0 saturated heterocycles. The molecule has 0 bridgehead atoms. The average Bonchev–Trinajstić information content (AvgIpc) is 3.25. The standard InChI is InChI=1S/C20H15FN6O3S/c21-14-2-6-16(7-3-14)27-13-22-12-18(27)19(28)25-15-4-8-17(9-5-15)31(29,30)26-20-23-10-1-11-24-20/h1-13H,(H,25,28)(H,23,24,26). The number of benzene rings is 2. The molecule has 2 N–H and O–H groups in total. The fourth-order valence-corrected chi connectivity index (χ4v) is 3.67. The first-order valence-corrected chi connectivity index (χ1v) is 10.4. The van der Waals surface area contributed by atoms with E-state index in [1.165, 1.54) is 78.0 Å². The molecule has 0 aliphatic carbocycles. The van der Waals surface area contributed by atoms with Gasteiger partial charge in [0.05, 0.1) is 17.4 Å². The molecule has 0 radical (unpaired) electrons. The van der Waals surface area contributed by atoms with Gasteiger partial charge < -0.3 is 5.32 Å². The summed E-state index contributed by atoms with van der Waals surface area (Å²) >= 11 is 0. The number of nitrogens with one attached hydrogen (secondary N) is 2. The summed E-state index contributed by atoms with van der Waals surface area (Å²) in [4.78, 5) is 24.3. The third-order valence-corrected chi connectivity index (χ3v) is 5.53. The molecule has 0 saturated carbocycles. The number of rotatable bonds is 6. The molecule has 0 aliphatic heterocycles. The Bertz CT molecular complexity index is 1310. The van der Waals surface area contributed by atoms with Gasteiger partial charge in [-0.15, -0.1) is 0 Å². The Morgan fingerprint density at radius 3 is 2.32 bits per heavy atom. The predicted octanol–water partition coefficient (Wildman–Crippen LogP) is 2.85. The molecule has 4 aromatic rings. The molecule has 0 unspecified atom stereocenters. The van der Waals surface area contributed by atoms with Crippen LogP contribution in [0.2, 0.25) is 0 Å². The van der Waals surface area contributed by atoms with Gasteiger partial charge in [0.15, 0.2) is 0 Å². The van der Waals surface area contributed by atoms with E-state index >= 15 is 0 Å². The van der Waals surface area contributed by atoms with E-state index < -0.39 is 21.7 Å². The van der Waals surface area contributed by atoms with Crippen LogP contribution in [-0.2, 0) is 10.0 Å². The zero-order chi connectivity index (χ0) is 21.8. The molecule has 2 aromatic carbocycles. The summed E-state index contributed by atoms with van der Waals surface area (Å²) in [7, 11) is -3.88. The van der Waals surface area contributed by atoms with Crippen LogP contribution in [0.3, 0.4) is 0 Å². The van der Waals surface area contributed by atoms with Crippen molar-refractivity contribution in [2.24, 2.45) is 0 Å². The quantitative estimate of drug-likeness (QED) is 0.478. The van der Waals surface area contributed by atoms with Crippen molar-refractivity contribution < 1.29 is 17.6 Å². The van der Waals surface area contributed by atoms with Crippen molar-refractivity contribution in [1.29, 1.82) is 0 Å². The molecule has 2 heterocycles. The molecular weight excluding hydrogens is 423 g/mol. The number of carbonyl (C=O) groups is 1. The number of hydrogen-bond donors (Lipinski definition) is 2. The maximum atomic E-state index is 13.2. The predicted molar refractivity (Wildman–Crippen MR) is 111 cm³/mol. The Morgan fingerprint density at radius 1 is 0.968 bits per heavy atom. The van der Waals surface area contributed by atoms with Crippen LogP contribution in [-0.4, -0.2) is 33.8 Å². The van der Waals surface area contributed by atoms with E-state index in [4.69, 9.17) is 0 Å². The molecule has 11 heteroatoms. The summed E-state index contributed by atoms with van der Waals surface area (Å²) in [5.74, 6) is -0.902. The van der Waals surface area contributed by atoms with E-state index in [0.29, 0.717) is 11.4 Å². The number of anilines is 2. The summed E-state index contributed by atoms with van der Waals surface area (Å²) in [5, 5.41) is 2.68. The molecule has 0 aliphatic rings. The van der Waals surface area contributed by atoms with Crippen molar-refractivity contribution in [2.75, 3.05) is 10.0 Å². The number of carbonyl (C=O) groups excluding carboxylic acids is 1. The fourth-order valence-electron chi connectivity index (χ4n) is 2.71. The van der Waals surface area contributed by atoms with Gasteiger partial charge in [-0.1, -0.05) is 0 Å². The van der Waals surface area contributed by atoms with Crippen molar-refractivity contribution in [3.8, 4) is 5.69 Å². The van der Waals surface area contributed by atoms with Gasteiger partial charge in [-0.3, -0.25) is 9.36 Å². The van der Waals surface area contributed by atoms with Crippen LogP contribution in [0, 0.1) is 5.82 Å². The van der Waals surface area contributed by atoms with Crippen molar-refractivity contribution in [3.63, 3.8) is 0 Å². The van der Waals surface area contributed by atoms with Gasteiger partial charge >= 0.3 is 0 Å². The lowest BCUT2D eigenvalue weighted by atomic mass is 10.3. The van der Waals surface area contributed by atoms with Crippen LogP contribution >= 0.6 is 0 Å². The first-order valence-electron chi connectivity index (χ1n) is 8.92. The average molecular weight is 438 g/mol. The second-order valence-corrected chi connectivity index (χ2v) is 7.96. The Labute approximate surface area is 176 Å². The summed E-state index contributed by atoms with van der Waals surface area (Å²) < 4.78 is 41.8. The third kappa shape index (κ3) is 4.56. The number of sulfonamides is 1. The molecule has 0 fully saturated rings. The maximum absolute atomic E-state index is 13.2. The van der Waals surface area contributed by atoms with Gasteiger partial charge in [-0.2, -0.15) is 0 Å². The molecule has 1 amide bonds. The molecule has 0 spiro atoms. The Morgan fingerprint density at radius 2 is 1.65 bits per heavy atom. The molecule has 31 heavy (non-hydrogen) atoms. The number of nitrogens with zero attached hydrogens (tertiary/aromatic N) is 4. The second-order valence-electron chi connectivity index (χ2n) is 6.28. The minimum absolute atomic E-state index is 0.0192. The Balaban J connectivity index is 1.49. The highest BCUT2D eigenvalue weighted by Crippen LogP contribution is 2.18. The summed E-state index contributed by atoms with van der Waals surface area (Å²) in [6, 6.07) is 12.8. The largest absolute Gasteiger partial charge is 0.321 e. The monoisotopic (exact) mass is 438 g/mol. The zero-order valence-electron chi connectivity index (χ0n) is 15.8. The van der Waals surface area contributed by atoms with Crippen LogP contribution in [0.25, 0.3) is 5.69 Å². The Hall–Kier alpha value is -4.12.